The van der Waals surface area contributed by atoms with E-state index in [0.717, 1.165) is 25.3 Å². The predicted molar refractivity (Wildman–Crippen MR) is 96.8 cm³/mol. The van der Waals surface area contributed by atoms with E-state index >= 15 is 0 Å². The average Bonchev–Trinajstić information content (AvgIpc) is 2.55. The second-order valence-electron chi connectivity index (χ2n) is 6.16. The van der Waals surface area contributed by atoms with Crippen LogP contribution in [0.15, 0.2) is 30.5 Å². The molecule has 3 N–H and O–H groups in total. The number of carbonyl (C=O) groups excluding carboxylic acids is 1. The van der Waals surface area contributed by atoms with Crippen LogP contribution in [0.3, 0.4) is 0 Å². The highest BCUT2D eigenvalue weighted by Gasteiger charge is 2.39. The maximum absolute atomic E-state index is 12.8. The van der Waals surface area contributed by atoms with Gasteiger partial charge in [0.15, 0.2) is 0 Å². The number of hydrogen-bond donors (Lipinski definition) is 3. The number of aromatic nitrogens is 1. The zero-order valence-electron chi connectivity index (χ0n) is 14.4. The molecular formula is C17H15Cl2F4N3O2. The summed E-state index contributed by atoms with van der Waals surface area (Å²) in [7, 11) is 0. The number of amides is 2. The fraction of sp³-hybridized carbons (Fsp3) is 0.294. The van der Waals surface area contributed by atoms with E-state index in [-0.39, 0.29) is 27.8 Å². The molecule has 1 aromatic carbocycles. The van der Waals surface area contributed by atoms with Crippen LogP contribution < -0.4 is 10.6 Å². The molecule has 5 nitrogen and oxygen atoms in total. The molecule has 0 aliphatic heterocycles. The summed E-state index contributed by atoms with van der Waals surface area (Å²) >= 11 is 12.0. The number of anilines is 1. The van der Waals surface area contributed by atoms with Crippen LogP contribution in [0.5, 0.6) is 0 Å². The van der Waals surface area contributed by atoms with Gasteiger partial charge in [0.2, 0.25) is 0 Å². The van der Waals surface area contributed by atoms with Crippen LogP contribution in [0.2, 0.25) is 10.0 Å². The third-order valence-corrected chi connectivity index (χ3v) is 4.26. The van der Waals surface area contributed by atoms with Crippen molar-refractivity contribution >= 4 is 34.9 Å². The van der Waals surface area contributed by atoms with Gasteiger partial charge in [0, 0.05) is 0 Å². The Labute approximate surface area is 167 Å². The molecular weight excluding hydrogens is 425 g/mol. The van der Waals surface area contributed by atoms with E-state index in [4.69, 9.17) is 23.2 Å². The number of rotatable bonds is 5. The van der Waals surface area contributed by atoms with Crippen molar-refractivity contribution in [3.63, 3.8) is 0 Å². The Balaban J connectivity index is 2.09. The lowest BCUT2D eigenvalue weighted by atomic mass is 9.92. The van der Waals surface area contributed by atoms with Gasteiger partial charge in [-0.25, -0.2) is 9.18 Å². The number of nitrogens with zero attached hydrogens (tertiary/aromatic N) is 1. The Bertz CT molecular complexity index is 835. The zero-order valence-corrected chi connectivity index (χ0v) is 15.9. The van der Waals surface area contributed by atoms with Gasteiger partial charge >= 0.3 is 12.2 Å². The number of hydrogen-bond acceptors (Lipinski definition) is 3. The van der Waals surface area contributed by atoms with Gasteiger partial charge in [0.05, 0.1) is 46.2 Å². The van der Waals surface area contributed by atoms with E-state index in [0.29, 0.717) is 5.69 Å². The van der Waals surface area contributed by atoms with E-state index in [1.54, 1.807) is 0 Å². The van der Waals surface area contributed by atoms with Crippen LogP contribution in [0.4, 0.5) is 28.0 Å². The highest BCUT2D eigenvalue weighted by Crippen LogP contribution is 2.39. The Morgan fingerprint density at radius 3 is 2.32 bits per heavy atom. The van der Waals surface area contributed by atoms with Gasteiger partial charge in [-0.2, -0.15) is 13.2 Å². The van der Waals surface area contributed by atoms with Gasteiger partial charge in [-0.1, -0.05) is 23.2 Å². The lowest BCUT2D eigenvalue weighted by Crippen LogP contribution is -2.30. The Hall–Kier alpha value is -2.10. The van der Waals surface area contributed by atoms with Crippen molar-refractivity contribution in [3.8, 4) is 0 Å². The molecule has 0 bridgehead atoms. The van der Waals surface area contributed by atoms with Crippen molar-refractivity contribution < 1.29 is 27.5 Å². The number of aliphatic hydroxyl groups is 1. The molecule has 0 saturated carbocycles. The smallest absolute Gasteiger partial charge is 0.385 e. The molecule has 0 aliphatic carbocycles. The van der Waals surface area contributed by atoms with Crippen LogP contribution in [0.1, 0.15) is 24.6 Å². The fourth-order valence-electron chi connectivity index (χ4n) is 2.34. The molecule has 1 atom stereocenters. The van der Waals surface area contributed by atoms with Crippen LogP contribution >= 0.6 is 23.2 Å². The topological polar surface area (TPSA) is 74.2 Å². The van der Waals surface area contributed by atoms with Crippen molar-refractivity contribution in [3.05, 3.63) is 57.6 Å². The Morgan fingerprint density at radius 2 is 1.82 bits per heavy atom. The first-order valence-corrected chi connectivity index (χ1v) is 8.57. The maximum atomic E-state index is 12.8. The van der Waals surface area contributed by atoms with Crippen LogP contribution in [-0.4, -0.2) is 22.3 Å². The predicted octanol–water partition coefficient (Wildman–Crippen LogP) is 5.01. The van der Waals surface area contributed by atoms with E-state index < -0.39 is 30.0 Å². The first kappa shape index (κ1) is 22.2. The molecule has 28 heavy (non-hydrogen) atoms. The summed E-state index contributed by atoms with van der Waals surface area (Å²) in [4.78, 5) is 15.8. The second kappa shape index (κ2) is 8.50. The molecule has 2 aromatic rings. The Kier molecular flexibility index (Phi) is 6.74. The summed E-state index contributed by atoms with van der Waals surface area (Å²) in [5.74, 6) is -0.520. The van der Waals surface area contributed by atoms with E-state index in [9.17, 15) is 27.5 Å². The normalized spacial score (nSPS) is 13.7. The summed E-state index contributed by atoms with van der Waals surface area (Å²) < 4.78 is 50.7. The number of benzene rings is 1. The molecule has 2 amide bonds. The molecule has 0 fully saturated rings. The number of alkyl halides is 3. The third kappa shape index (κ3) is 6.22. The second-order valence-corrected chi connectivity index (χ2v) is 6.97. The number of nitrogens with one attached hydrogen (secondary N) is 2. The van der Waals surface area contributed by atoms with Crippen molar-refractivity contribution in [1.82, 2.24) is 10.3 Å². The van der Waals surface area contributed by atoms with Gasteiger partial charge in [-0.3, -0.25) is 4.98 Å². The lowest BCUT2D eigenvalue weighted by Gasteiger charge is -2.26. The largest absolute Gasteiger partial charge is 0.392 e. The van der Waals surface area contributed by atoms with Gasteiger partial charge in [0.25, 0.3) is 0 Å². The van der Waals surface area contributed by atoms with Crippen LogP contribution in [0, 0.1) is 5.82 Å². The van der Waals surface area contributed by atoms with Crippen molar-refractivity contribution in [2.24, 2.45) is 0 Å². The minimum Gasteiger partial charge on any atom is -0.385 e. The third-order valence-electron chi connectivity index (χ3n) is 3.67. The monoisotopic (exact) mass is 439 g/mol. The first-order chi connectivity index (χ1) is 12.9. The van der Waals surface area contributed by atoms with Gasteiger partial charge in [0.1, 0.15) is 5.82 Å². The lowest BCUT2D eigenvalue weighted by molar-refractivity contribution is -0.174. The summed E-state index contributed by atoms with van der Waals surface area (Å²) in [5, 5.41) is 14.6. The molecule has 0 aliphatic rings. The van der Waals surface area contributed by atoms with Crippen LogP contribution in [0.25, 0.3) is 0 Å². The zero-order chi connectivity index (χ0) is 21.1. The quantitative estimate of drug-likeness (QED) is 0.573. The first-order valence-electron chi connectivity index (χ1n) is 7.81. The molecule has 11 heteroatoms. The van der Waals surface area contributed by atoms with Gasteiger partial charge < -0.3 is 15.7 Å². The molecule has 0 radical (unpaired) electrons. The van der Waals surface area contributed by atoms with Crippen LogP contribution in [-0.2, 0) is 12.1 Å². The molecule has 1 unspecified atom stereocenters. The summed E-state index contributed by atoms with van der Waals surface area (Å²) in [6, 6.07) is 4.03. The standard InChI is InChI=1S/C17H15Cl2F4N3O2/c1-16(28,8-17(21,22)23)9-4-12(18)14(13(19)5-9)26-15(27)25-7-11-3-2-10(20)6-24-11/h2-6,28H,7-8H2,1H3,(H2,25,26,27). The number of halogens is 6. The Morgan fingerprint density at radius 1 is 1.21 bits per heavy atom. The summed E-state index contributed by atoms with van der Waals surface area (Å²) in [6.45, 7) is 0.970. The van der Waals surface area contributed by atoms with E-state index in [2.05, 4.69) is 15.6 Å². The number of urea groups is 1. The molecule has 152 valence electrons. The van der Waals surface area contributed by atoms with Crippen molar-refractivity contribution in [2.75, 3.05) is 5.32 Å². The minimum atomic E-state index is -4.60. The average molecular weight is 440 g/mol. The molecule has 0 spiro atoms. The molecule has 1 heterocycles. The number of carbonyl (C=O) groups is 1. The summed E-state index contributed by atoms with van der Waals surface area (Å²) in [5.41, 5.74) is -2.05. The van der Waals surface area contributed by atoms with E-state index in [1.807, 2.05) is 0 Å². The molecule has 0 saturated heterocycles. The van der Waals surface area contributed by atoms with E-state index in [1.165, 1.54) is 12.1 Å². The summed E-state index contributed by atoms with van der Waals surface area (Å²) in [6.07, 6.45) is -5.10. The highest BCUT2D eigenvalue weighted by atomic mass is 35.5. The van der Waals surface area contributed by atoms with Gasteiger partial charge in [-0.15, -0.1) is 0 Å². The molecule has 2 rings (SSSR count). The van der Waals surface area contributed by atoms with Crippen molar-refractivity contribution in [2.45, 2.75) is 31.7 Å². The fourth-order valence-corrected chi connectivity index (χ4v) is 2.92. The number of pyridine rings is 1. The maximum Gasteiger partial charge on any atom is 0.392 e. The highest BCUT2D eigenvalue weighted by molar-refractivity contribution is 6.39. The SMILES string of the molecule is CC(O)(CC(F)(F)F)c1cc(Cl)c(NC(=O)NCc2ccc(F)cn2)c(Cl)c1. The van der Waals surface area contributed by atoms with Gasteiger partial charge in [-0.05, 0) is 36.8 Å². The molecule has 1 aromatic heterocycles. The minimum absolute atomic E-state index is 0.0142. The van der Waals surface area contributed by atoms with Crippen molar-refractivity contribution in [1.29, 1.82) is 0 Å².